The third-order valence-corrected chi connectivity index (χ3v) is 7.52. The van der Waals surface area contributed by atoms with E-state index in [4.69, 9.17) is 9.15 Å². The highest BCUT2D eigenvalue weighted by atomic mass is 32.2. The van der Waals surface area contributed by atoms with Crippen molar-refractivity contribution in [2.75, 3.05) is 17.2 Å². The van der Waals surface area contributed by atoms with E-state index in [0.29, 0.717) is 22.2 Å². The number of hydrogen-bond acceptors (Lipinski definition) is 5. The highest BCUT2D eigenvalue weighted by Crippen LogP contribution is 2.44. The number of carbonyl (C=O) groups excluding carboxylic acids is 1. The van der Waals surface area contributed by atoms with Gasteiger partial charge in [-0.25, -0.2) is 17.6 Å². The van der Waals surface area contributed by atoms with Crippen molar-refractivity contribution in [2.24, 2.45) is 0 Å². The molecule has 35 heavy (non-hydrogen) atoms. The normalized spacial score (nSPS) is 15.4. The molecule has 0 fully saturated rings. The van der Waals surface area contributed by atoms with Crippen molar-refractivity contribution < 1.29 is 26.8 Å². The number of esters is 1. The van der Waals surface area contributed by atoms with Crippen LogP contribution in [0.25, 0.3) is 22.3 Å². The fraction of sp³-hybridized carbons (Fsp3) is 0.222. The number of rotatable bonds is 4. The fourth-order valence-corrected chi connectivity index (χ4v) is 5.62. The van der Waals surface area contributed by atoms with Crippen molar-refractivity contribution in [1.82, 2.24) is 0 Å². The zero-order valence-corrected chi connectivity index (χ0v) is 20.4. The van der Waals surface area contributed by atoms with Crippen LogP contribution in [-0.4, -0.2) is 27.2 Å². The van der Waals surface area contributed by atoms with Gasteiger partial charge in [-0.15, -0.1) is 0 Å². The van der Waals surface area contributed by atoms with Gasteiger partial charge in [0.15, 0.2) is 0 Å². The standard InChI is InChI=1S/C27H24FNO5S/c1-4-33-27(30)25-22-13-21-16(2)20-8-6-5-7-18(20)15-29(35(3,31)32)23(21)14-24(22)34-26(25)17-9-11-19(28)12-10-17/h5-14,16H,4,15H2,1-3H3. The van der Waals surface area contributed by atoms with Gasteiger partial charge in [-0.3, -0.25) is 4.31 Å². The van der Waals surface area contributed by atoms with Gasteiger partial charge in [-0.1, -0.05) is 31.2 Å². The summed E-state index contributed by atoms with van der Waals surface area (Å²) in [6.07, 6.45) is 1.18. The average Bonchev–Trinajstić information content (AvgIpc) is 3.14. The van der Waals surface area contributed by atoms with Gasteiger partial charge in [0.2, 0.25) is 10.0 Å². The summed E-state index contributed by atoms with van der Waals surface area (Å²) >= 11 is 0. The molecule has 0 aliphatic carbocycles. The highest BCUT2D eigenvalue weighted by Gasteiger charge is 2.32. The molecule has 1 atom stereocenters. The Hall–Kier alpha value is -3.65. The summed E-state index contributed by atoms with van der Waals surface area (Å²) < 4.78 is 52.1. The molecule has 0 saturated heterocycles. The van der Waals surface area contributed by atoms with Crippen LogP contribution in [0.5, 0.6) is 0 Å². The highest BCUT2D eigenvalue weighted by molar-refractivity contribution is 7.92. The van der Waals surface area contributed by atoms with E-state index in [1.807, 2.05) is 37.3 Å². The molecular weight excluding hydrogens is 469 g/mol. The first-order valence-corrected chi connectivity index (χ1v) is 13.1. The summed E-state index contributed by atoms with van der Waals surface area (Å²) in [5.41, 5.74) is 4.27. The molecule has 0 spiro atoms. The molecule has 0 radical (unpaired) electrons. The number of hydrogen-bond donors (Lipinski definition) is 0. The quantitative estimate of drug-likeness (QED) is 0.334. The van der Waals surface area contributed by atoms with E-state index >= 15 is 0 Å². The number of furan rings is 1. The van der Waals surface area contributed by atoms with Crippen LogP contribution in [0.3, 0.4) is 0 Å². The number of anilines is 1. The van der Waals surface area contributed by atoms with Crippen LogP contribution in [-0.2, 0) is 21.3 Å². The number of nitrogens with zero attached hydrogens (tertiary/aromatic N) is 1. The van der Waals surface area contributed by atoms with E-state index in [1.54, 1.807) is 13.0 Å². The number of carbonyl (C=O) groups is 1. The molecule has 1 aliphatic heterocycles. The molecule has 5 rings (SSSR count). The summed E-state index contributed by atoms with van der Waals surface area (Å²) in [5, 5.41) is 0.515. The van der Waals surface area contributed by atoms with Crippen molar-refractivity contribution in [3.05, 3.63) is 88.7 Å². The van der Waals surface area contributed by atoms with Crippen molar-refractivity contribution in [2.45, 2.75) is 26.3 Å². The smallest absolute Gasteiger partial charge is 0.342 e. The lowest BCUT2D eigenvalue weighted by Crippen LogP contribution is -2.29. The lowest BCUT2D eigenvalue weighted by molar-refractivity contribution is 0.0528. The number of fused-ring (bicyclic) bond motifs is 3. The monoisotopic (exact) mass is 493 g/mol. The van der Waals surface area contributed by atoms with Crippen molar-refractivity contribution in [3.63, 3.8) is 0 Å². The van der Waals surface area contributed by atoms with E-state index in [-0.39, 0.29) is 30.4 Å². The van der Waals surface area contributed by atoms with Gasteiger partial charge in [-0.05, 0) is 53.9 Å². The van der Waals surface area contributed by atoms with E-state index in [0.717, 1.165) is 16.7 Å². The molecule has 0 saturated carbocycles. The molecule has 8 heteroatoms. The van der Waals surface area contributed by atoms with Crippen molar-refractivity contribution in [1.29, 1.82) is 0 Å². The third kappa shape index (κ3) is 3.97. The molecule has 6 nitrogen and oxygen atoms in total. The van der Waals surface area contributed by atoms with Crippen molar-refractivity contribution in [3.8, 4) is 11.3 Å². The van der Waals surface area contributed by atoms with Gasteiger partial charge in [-0.2, -0.15) is 0 Å². The molecule has 4 aromatic rings. The van der Waals surface area contributed by atoms with Gasteiger partial charge in [0.05, 0.1) is 25.1 Å². The first-order chi connectivity index (χ1) is 16.7. The van der Waals surface area contributed by atoms with Crippen molar-refractivity contribution >= 4 is 32.6 Å². The topological polar surface area (TPSA) is 76.8 Å². The number of ether oxygens (including phenoxy) is 1. The maximum Gasteiger partial charge on any atom is 0.342 e. The largest absolute Gasteiger partial charge is 0.462 e. The summed E-state index contributed by atoms with van der Waals surface area (Å²) in [7, 11) is -3.62. The predicted octanol–water partition coefficient (Wildman–Crippen LogP) is 5.85. The Bertz CT molecular complexity index is 1560. The predicted molar refractivity (Wildman–Crippen MR) is 133 cm³/mol. The average molecular weight is 494 g/mol. The summed E-state index contributed by atoms with van der Waals surface area (Å²) in [6.45, 7) is 4.09. The lowest BCUT2D eigenvalue weighted by atomic mass is 9.89. The Morgan fingerprint density at radius 2 is 1.83 bits per heavy atom. The van der Waals surface area contributed by atoms with Gasteiger partial charge in [0.1, 0.15) is 22.7 Å². The Labute approximate surface area is 203 Å². The lowest BCUT2D eigenvalue weighted by Gasteiger charge is -2.23. The molecule has 180 valence electrons. The van der Waals surface area contributed by atoms with Gasteiger partial charge in [0, 0.05) is 22.9 Å². The molecule has 0 N–H and O–H groups in total. The van der Waals surface area contributed by atoms with Crippen LogP contribution in [0.2, 0.25) is 0 Å². The first kappa shape index (κ1) is 23.1. The number of halogens is 1. The van der Waals surface area contributed by atoms with Crippen LogP contribution >= 0.6 is 0 Å². The fourth-order valence-electron chi connectivity index (χ4n) is 4.73. The Kier molecular flexibility index (Phi) is 5.63. The molecule has 1 aromatic heterocycles. The minimum Gasteiger partial charge on any atom is -0.462 e. The molecular formula is C27H24FNO5S. The molecule has 1 unspecified atom stereocenters. The summed E-state index contributed by atoms with van der Waals surface area (Å²) in [6, 6.07) is 16.9. The van der Waals surface area contributed by atoms with Crippen LogP contribution < -0.4 is 4.31 Å². The Morgan fingerprint density at radius 1 is 1.11 bits per heavy atom. The second-order valence-electron chi connectivity index (χ2n) is 8.63. The van der Waals surface area contributed by atoms with E-state index < -0.39 is 21.8 Å². The van der Waals surface area contributed by atoms with E-state index in [9.17, 15) is 17.6 Å². The molecule has 2 heterocycles. The zero-order chi connectivity index (χ0) is 24.9. The molecule has 0 bridgehead atoms. The third-order valence-electron chi connectivity index (χ3n) is 6.39. The van der Waals surface area contributed by atoms with Gasteiger partial charge >= 0.3 is 5.97 Å². The molecule has 0 amide bonds. The Balaban J connectivity index is 1.83. The van der Waals surface area contributed by atoms with Gasteiger partial charge in [0.25, 0.3) is 0 Å². The van der Waals surface area contributed by atoms with Gasteiger partial charge < -0.3 is 9.15 Å². The second kappa shape index (κ2) is 8.53. The summed E-state index contributed by atoms with van der Waals surface area (Å²) in [4.78, 5) is 13.1. The minimum absolute atomic E-state index is 0.142. The summed E-state index contributed by atoms with van der Waals surface area (Å²) in [5.74, 6) is -0.869. The number of benzene rings is 3. The maximum absolute atomic E-state index is 13.6. The number of sulfonamides is 1. The maximum atomic E-state index is 13.6. The first-order valence-electron chi connectivity index (χ1n) is 11.3. The Morgan fingerprint density at radius 3 is 2.51 bits per heavy atom. The van der Waals surface area contributed by atoms with Crippen LogP contribution in [0.15, 0.2) is 65.1 Å². The molecule has 1 aliphatic rings. The van der Waals surface area contributed by atoms with E-state index in [1.165, 1.54) is 34.8 Å². The van der Waals surface area contributed by atoms with Crippen LogP contribution in [0.4, 0.5) is 10.1 Å². The van der Waals surface area contributed by atoms with Crippen LogP contribution in [0.1, 0.15) is 46.8 Å². The zero-order valence-electron chi connectivity index (χ0n) is 19.5. The molecule has 3 aromatic carbocycles. The second-order valence-corrected chi connectivity index (χ2v) is 10.5. The SMILES string of the molecule is CCOC(=O)c1c(-c2ccc(F)cc2)oc2cc3c(cc12)C(C)c1ccccc1CN3S(C)(=O)=O. The van der Waals surface area contributed by atoms with E-state index in [2.05, 4.69) is 0 Å². The van der Waals surface area contributed by atoms with Crippen LogP contribution in [0, 0.1) is 5.82 Å². The minimum atomic E-state index is -3.62.